The molecule has 0 spiro atoms. The lowest BCUT2D eigenvalue weighted by Crippen LogP contribution is -2.34. The number of imidazole rings is 1. The number of hydrogen-bond donors (Lipinski definition) is 3. The quantitative estimate of drug-likeness (QED) is 0.138. The molecule has 12 heteroatoms. The number of carbonyl (C=O) groups is 4. The number of aromatic nitrogens is 3. The van der Waals surface area contributed by atoms with Crippen LogP contribution in [0.5, 0.6) is 0 Å². The van der Waals surface area contributed by atoms with Gasteiger partial charge in [0.05, 0.1) is 28.6 Å². The molecule has 256 valence electrons. The summed E-state index contributed by atoms with van der Waals surface area (Å²) in [6.07, 6.45) is 10.2. The number of carbonyl (C=O) groups excluding carboxylic acids is 4. The number of nitrogens with one attached hydrogen (secondary N) is 2. The number of amides is 3. The molecule has 1 saturated heterocycles. The molecule has 47 heavy (non-hydrogen) atoms. The zero-order chi connectivity index (χ0) is 33.6. The number of rotatable bonds is 21. The average Bonchev–Trinajstić information content (AvgIpc) is 3.62. The van der Waals surface area contributed by atoms with Crippen LogP contribution in [0.3, 0.4) is 0 Å². The lowest BCUT2D eigenvalue weighted by Gasteiger charge is -2.16. The first kappa shape index (κ1) is 36.2. The summed E-state index contributed by atoms with van der Waals surface area (Å²) < 4.78 is 2.28. The summed E-state index contributed by atoms with van der Waals surface area (Å²) in [6.45, 7) is 6.62. The molecule has 1 aliphatic rings. The lowest BCUT2D eigenvalue weighted by atomic mass is 10.1. The van der Waals surface area contributed by atoms with Crippen molar-refractivity contribution in [2.24, 2.45) is 0 Å². The summed E-state index contributed by atoms with van der Waals surface area (Å²) in [5, 5.41) is 6.43. The van der Waals surface area contributed by atoms with Gasteiger partial charge >= 0.3 is 0 Å². The van der Waals surface area contributed by atoms with Crippen molar-refractivity contribution in [3.8, 4) is 0 Å². The molecule has 1 unspecified atom stereocenters. The Bertz CT molecular complexity index is 1520. The van der Waals surface area contributed by atoms with E-state index >= 15 is 0 Å². The fraction of sp³-hybridized carbons (Fsp3) is 0.600. The van der Waals surface area contributed by atoms with Crippen molar-refractivity contribution in [1.82, 2.24) is 30.1 Å². The third-order valence-electron chi connectivity index (χ3n) is 8.64. The monoisotopic (exact) mass is 665 g/mol. The number of nitrogen functional groups attached to an aromatic ring is 1. The number of aryl methyl sites for hydroxylation is 2. The van der Waals surface area contributed by atoms with Gasteiger partial charge in [0, 0.05) is 50.8 Å². The predicted molar refractivity (Wildman–Crippen MR) is 189 cm³/mol. The van der Waals surface area contributed by atoms with Crippen molar-refractivity contribution in [2.75, 3.05) is 37.7 Å². The van der Waals surface area contributed by atoms with Gasteiger partial charge in [0.2, 0.25) is 17.7 Å². The van der Waals surface area contributed by atoms with E-state index in [0.29, 0.717) is 38.3 Å². The highest BCUT2D eigenvalue weighted by molar-refractivity contribution is 8.01. The van der Waals surface area contributed by atoms with Crippen LogP contribution in [0.25, 0.3) is 21.9 Å². The van der Waals surface area contributed by atoms with Crippen molar-refractivity contribution in [3.63, 3.8) is 0 Å². The van der Waals surface area contributed by atoms with Gasteiger partial charge in [-0.15, -0.1) is 11.8 Å². The molecule has 2 aromatic heterocycles. The molecule has 1 fully saturated rings. The van der Waals surface area contributed by atoms with Gasteiger partial charge < -0.3 is 25.8 Å². The first-order chi connectivity index (χ1) is 22.8. The van der Waals surface area contributed by atoms with E-state index in [0.717, 1.165) is 92.1 Å². The summed E-state index contributed by atoms with van der Waals surface area (Å²) in [6, 6.07) is 8.01. The van der Waals surface area contributed by atoms with Crippen LogP contribution in [-0.2, 0) is 32.1 Å². The van der Waals surface area contributed by atoms with Crippen LogP contribution >= 0.6 is 11.8 Å². The van der Waals surface area contributed by atoms with Crippen LogP contribution in [0.2, 0.25) is 0 Å². The van der Waals surface area contributed by atoms with Crippen LogP contribution in [-0.4, -0.2) is 80.1 Å². The predicted octanol–water partition coefficient (Wildman–Crippen LogP) is 4.79. The second-order valence-corrected chi connectivity index (χ2v) is 13.5. The Balaban J connectivity index is 1.15. The molecule has 3 heterocycles. The minimum absolute atomic E-state index is 0.0302. The van der Waals surface area contributed by atoms with Crippen LogP contribution in [0.1, 0.15) is 90.3 Å². The molecule has 0 aliphatic carbocycles. The minimum Gasteiger partial charge on any atom is -0.382 e. The smallest absolute Gasteiger partial charge is 0.235 e. The number of nitrogens with zero attached hydrogens (tertiary/aromatic N) is 4. The van der Waals surface area contributed by atoms with E-state index in [1.165, 1.54) is 11.8 Å². The fourth-order valence-electron chi connectivity index (χ4n) is 5.97. The number of para-hydroxylation sites is 1. The largest absolute Gasteiger partial charge is 0.382 e. The molecule has 1 aliphatic heterocycles. The Morgan fingerprint density at radius 2 is 1.74 bits per heavy atom. The van der Waals surface area contributed by atoms with E-state index < -0.39 is 0 Å². The van der Waals surface area contributed by atoms with Crippen molar-refractivity contribution in [1.29, 1.82) is 0 Å². The SMILES string of the molecule is CCCCCCC(=O)CNC(=O)CSC1CCN(CCC(=O)NCCCCn2c(CCCC)nc3c(N)nc4ccccc4c32)C1=O. The molecule has 0 radical (unpaired) electrons. The summed E-state index contributed by atoms with van der Waals surface area (Å²) in [7, 11) is 0. The number of ketones is 1. The van der Waals surface area contributed by atoms with Gasteiger partial charge in [0.1, 0.15) is 11.3 Å². The molecule has 0 saturated carbocycles. The van der Waals surface area contributed by atoms with Gasteiger partial charge in [0.25, 0.3) is 0 Å². The maximum absolute atomic E-state index is 12.8. The van der Waals surface area contributed by atoms with E-state index in [1.807, 2.05) is 18.2 Å². The Hall–Kier alpha value is -3.67. The Morgan fingerprint density at radius 3 is 2.55 bits per heavy atom. The molecule has 3 aromatic rings. The summed E-state index contributed by atoms with van der Waals surface area (Å²) in [5.41, 5.74) is 8.95. The molecule has 4 N–H and O–H groups in total. The zero-order valence-corrected chi connectivity index (χ0v) is 28.8. The van der Waals surface area contributed by atoms with Gasteiger partial charge in [-0.2, -0.15) is 0 Å². The summed E-state index contributed by atoms with van der Waals surface area (Å²) in [4.78, 5) is 60.7. The number of anilines is 1. The number of Topliss-reactive ketones (excluding diaryl/α,β-unsaturated/α-hetero) is 1. The maximum Gasteiger partial charge on any atom is 0.235 e. The molecule has 11 nitrogen and oxygen atoms in total. The summed E-state index contributed by atoms with van der Waals surface area (Å²) in [5.74, 6) is 1.32. The van der Waals surface area contributed by atoms with Crippen LogP contribution < -0.4 is 16.4 Å². The van der Waals surface area contributed by atoms with E-state index in [-0.39, 0.29) is 47.5 Å². The number of hydrogen-bond acceptors (Lipinski definition) is 8. The van der Waals surface area contributed by atoms with E-state index in [1.54, 1.807) is 4.90 Å². The Morgan fingerprint density at radius 1 is 0.936 bits per heavy atom. The number of fused-ring (bicyclic) bond motifs is 3. The highest BCUT2D eigenvalue weighted by Crippen LogP contribution is 2.30. The van der Waals surface area contributed by atoms with Crippen molar-refractivity contribution < 1.29 is 19.2 Å². The lowest BCUT2D eigenvalue weighted by molar-refractivity contribution is -0.128. The van der Waals surface area contributed by atoms with E-state index in [4.69, 9.17) is 10.7 Å². The maximum atomic E-state index is 12.8. The van der Waals surface area contributed by atoms with Crippen molar-refractivity contribution in [3.05, 3.63) is 30.1 Å². The molecular weight excluding hydrogens is 614 g/mol. The van der Waals surface area contributed by atoms with Crippen molar-refractivity contribution in [2.45, 2.75) is 103 Å². The molecule has 1 aromatic carbocycles. The zero-order valence-electron chi connectivity index (χ0n) is 28.0. The number of pyridine rings is 1. The van der Waals surface area contributed by atoms with Gasteiger partial charge in [-0.3, -0.25) is 19.2 Å². The molecule has 3 amide bonds. The molecule has 4 rings (SSSR count). The van der Waals surface area contributed by atoms with Gasteiger partial charge in [-0.05, 0) is 38.2 Å². The van der Waals surface area contributed by atoms with E-state index in [9.17, 15) is 19.2 Å². The van der Waals surface area contributed by atoms with Gasteiger partial charge in [0.15, 0.2) is 11.6 Å². The highest BCUT2D eigenvalue weighted by atomic mass is 32.2. The fourth-order valence-corrected chi connectivity index (χ4v) is 6.99. The minimum atomic E-state index is -0.293. The second kappa shape index (κ2) is 18.6. The standard InChI is InChI=1S/C35H51N7O4S/c1-3-5-7-8-13-25(43)23-38-31(45)24-47-28-17-21-41(35(28)46)22-18-30(44)37-19-11-12-20-42-29(16-6-4-2)40-32-33(42)26-14-9-10-15-27(26)39-34(32)36/h9-10,14-15,28H,3-8,11-13,16-24H2,1-2H3,(H2,36,39)(H,37,44)(H,38,45). The van der Waals surface area contributed by atoms with E-state index in [2.05, 4.69) is 40.1 Å². The Labute approximate surface area is 282 Å². The molecular formula is C35H51N7O4S. The topological polar surface area (TPSA) is 152 Å². The highest BCUT2D eigenvalue weighted by Gasteiger charge is 2.32. The number of thioether (sulfide) groups is 1. The third kappa shape index (κ3) is 10.4. The average molecular weight is 666 g/mol. The third-order valence-corrected chi connectivity index (χ3v) is 9.91. The van der Waals surface area contributed by atoms with Crippen LogP contribution in [0, 0.1) is 0 Å². The Kier molecular flexibility index (Phi) is 14.3. The first-order valence-electron chi connectivity index (χ1n) is 17.3. The second-order valence-electron chi connectivity index (χ2n) is 12.3. The first-order valence-corrected chi connectivity index (χ1v) is 18.4. The normalized spacial score (nSPS) is 14.7. The number of benzene rings is 1. The van der Waals surface area contributed by atoms with Gasteiger partial charge in [-0.1, -0.05) is 57.7 Å². The van der Waals surface area contributed by atoms with Crippen LogP contribution in [0.4, 0.5) is 5.82 Å². The molecule has 1 atom stereocenters. The van der Waals surface area contributed by atoms with Crippen LogP contribution in [0.15, 0.2) is 24.3 Å². The van der Waals surface area contributed by atoms with Crippen molar-refractivity contribution >= 4 is 63.0 Å². The summed E-state index contributed by atoms with van der Waals surface area (Å²) >= 11 is 1.31. The van der Waals surface area contributed by atoms with Gasteiger partial charge in [-0.25, -0.2) is 9.97 Å². The number of unbranched alkanes of at least 4 members (excludes halogenated alkanes) is 5. The number of nitrogens with two attached hydrogens (primary N) is 1. The number of likely N-dealkylation sites (tertiary alicyclic amines) is 1. The molecule has 0 bridgehead atoms.